The molecule has 5 nitrogen and oxygen atoms in total. The molecule has 124 valence electrons. The summed E-state index contributed by atoms with van der Waals surface area (Å²) in [6, 6.07) is 13.1. The average Bonchev–Trinajstić information content (AvgIpc) is 3.01. The molecule has 0 atom stereocenters. The first-order chi connectivity index (χ1) is 11.7. The van der Waals surface area contributed by atoms with Crippen molar-refractivity contribution in [1.29, 1.82) is 0 Å². The Bertz CT molecular complexity index is 827. The smallest absolute Gasteiger partial charge is 0.161 e. The topological polar surface area (TPSA) is 56.5 Å². The third kappa shape index (κ3) is 3.51. The molecule has 0 aliphatic carbocycles. The molecule has 0 bridgehead atoms. The van der Waals surface area contributed by atoms with Gasteiger partial charge in [-0.15, -0.1) is 0 Å². The molecular formula is C19H20N2O3. The molecule has 0 amide bonds. The number of phenols is 1. The number of hydrogen-bond acceptors (Lipinski definition) is 4. The van der Waals surface area contributed by atoms with E-state index in [-0.39, 0.29) is 5.75 Å². The van der Waals surface area contributed by atoms with Crippen molar-refractivity contribution >= 4 is 0 Å². The second-order valence-corrected chi connectivity index (χ2v) is 5.51. The van der Waals surface area contributed by atoms with E-state index in [0.29, 0.717) is 24.5 Å². The number of phenolic OH excluding ortho intramolecular Hbond substituents is 1. The van der Waals surface area contributed by atoms with E-state index in [1.165, 1.54) is 0 Å². The Hall–Kier alpha value is -2.95. The van der Waals surface area contributed by atoms with Gasteiger partial charge >= 0.3 is 0 Å². The van der Waals surface area contributed by atoms with Crippen LogP contribution in [0, 0.1) is 0 Å². The van der Waals surface area contributed by atoms with Gasteiger partial charge in [0.1, 0.15) is 11.6 Å². The van der Waals surface area contributed by atoms with Crippen LogP contribution in [-0.2, 0) is 13.0 Å². The van der Waals surface area contributed by atoms with Crippen LogP contribution in [0.5, 0.6) is 17.2 Å². The first-order valence-corrected chi connectivity index (χ1v) is 7.68. The van der Waals surface area contributed by atoms with E-state index < -0.39 is 0 Å². The summed E-state index contributed by atoms with van der Waals surface area (Å²) < 4.78 is 12.7. The van der Waals surface area contributed by atoms with Gasteiger partial charge in [0.2, 0.25) is 0 Å². The summed E-state index contributed by atoms with van der Waals surface area (Å²) in [5, 5.41) is 9.60. The average molecular weight is 324 g/mol. The minimum atomic E-state index is 0.272. The van der Waals surface area contributed by atoms with E-state index in [4.69, 9.17) is 9.47 Å². The van der Waals surface area contributed by atoms with Crippen LogP contribution in [0.1, 0.15) is 17.0 Å². The third-order valence-electron chi connectivity index (χ3n) is 3.88. The minimum absolute atomic E-state index is 0.272. The fourth-order valence-corrected chi connectivity index (χ4v) is 2.68. The van der Waals surface area contributed by atoms with Crippen molar-refractivity contribution in [2.75, 3.05) is 14.2 Å². The van der Waals surface area contributed by atoms with Crippen LogP contribution in [0.4, 0.5) is 0 Å². The molecule has 0 aliphatic heterocycles. The summed E-state index contributed by atoms with van der Waals surface area (Å²) in [6.45, 7) is 0.664. The molecule has 1 aromatic heterocycles. The molecule has 3 rings (SSSR count). The second kappa shape index (κ2) is 7.08. The van der Waals surface area contributed by atoms with Crippen LogP contribution in [0.25, 0.3) is 0 Å². The van der Waals surface area contributed by atoms with Crippen LogP contribution in [0.15, 0.2) is 54.9 Å². The highest BCUT2D eigenvalue weighted by atomic mass is 16.5. The predicted octanol–water partition coefficient (Wildman–Crippen LogP) is 3.25. The van der Waals surface area contributed by atoms with Crippen molar-refractivity contribution in [3.8, 4) is 17.2 Å². The van der Waals surface area contributed by atoms with Gasteiger partial charge in [-0.3, -0.25) is 0 Å². The summed E-state index contributed by atoms with van der Waals surface area (Å²) in [5.41, 5.74) is 2.12. The van der Waals surface area contributed by atoms with Gasteiger partial charge in [-0.05, 0) is 35.4 Å². The molecule has 5 heteroatoms. The molecular weight excluding hydrogens is 304 g/mol. The van der Waals surface area contributed by atoms with Crippen LogP contribution in [0.2, 0.25) is 0 Å². The molecule has 0 aliphatic rings. The molecule has 1 heterocycles. The zero-order chi connectivity index (χ0) is 16.9. The van der Waals surface area contributed by atoms with E-state index in [1.807, 2.05) is 36.5 Å². The van der Waals surface area contributed by atoms with Crippen molar-refractivity contribution < 1.29 is 14.6 Å². The Morgan fingerprint density at radius 1 is 1.00 bits per heavy atom. The monoisotopic (exact) mass is 324 g/mol. The van der Waals surface area contributed by atoms with Gasteiger partial charge in [-0.25, -0.2) is 4.98 Å². The van der Waals surface area contributed by atoms with Crippen molar-refractivity contribution in [2.24, 2.45) is 0 Å². The Morgan fingerprint density at radius 3 is 2.58 bits per heavy atom. The van der Waals surface area contributed by atoms with Gasteiger partial charge in [0.15, 0.2) is 11.5 Å². The minimum Gasteiger partial charge on any atom is -0.508 e. The van der Waals surface area contributed by atoms with E-state index in [2.05, 4.69) is 9.55 Å². The first-order valence-electron chi connectivity index (χ1n) is 7.68. The maximum atomic E-state index is 9.60. The number of aromatic hydroxyl groups is 1. The van der Waals surface area contributed by atoms with Crippen LogP contribution >= 0.6 is 0 Å². The number of aromatic nitrogens is 2. The molecule has 0 fully saturated rings. The molecule has 0 saturated heterocycles. The van der Waals surface area contributed by atoms with Gasteiger partial charge in [0.25, 0.3) is 0 Å². The van der Waals surface area contributed by atoms with Crippen molar-refractivity contribution in [2.45, 2.75) is 13.0 Å². The van der Waals surface area contributed by atoms with E-state index >= 15 is 0 Å². The van der Waals surface area contributed by atoms with Gasteiger partial charge in [-0.2, -0.15) is 0 Å². The van der Waals surface area contributed by atoms with Crippen LogP contribution in [0.3, 0.4) is 0 Å². The van der Waals surface area contributed by atoms with Gasteiger partial charge in [0, 0.05) is 25.4 Å². The quantitative estimate of drug-likeness (QED) is 0.756. The Kier molecular flexibility index (Phi) is 4.70. The summed E-state index contributed by atoms with van der Waals surface area (Å²) in [6.07, 6.45) is 4.42. The molecule has 2 aromatic carbocycles. The fourth-order valence-electron chi connectivity index (χ4n) is 2.68. The molecule has 24 heavy (non-hydrogen) atoms. The molecule has 3 aromatic rings. The van der Waals surface area contributed by atoms with Gasteiger partial charge in [-0.1, -0.05) is 18.2 Å². The Balaban J connectivity index is 1.81. The lowest BCUT2D eigenvalue weighted by Gasteiger charge is -2.11. The maximum absolute atomic E-state index is 9.60. The van der Waals surface area contributed by atoms with Crippen LogP contribution < -0.4 is 9.47 Å². The molecule has 0 saturated carbocycles. The van der Waals surface area contributed by atoms with Crippen molar-refractivity contribution in [3.63, 3.8) is 0 Å². The fraction of sp³-hybridized carbons (Fsp3) is 0.211. The summed E-state index contributed by atoms with van der Waals surface area (Å²) in [5.74, 6) is 2.64. The van der Waals surface area contributed by atoms with Gasteiger partial charge in [0.05, 0.1) is 14.2 Å². The molecule has 0 spiro atoms. The number of ether oxygens (including phenoxy) is 2. The molecule has 1 N–H and O–H groups in total. The standard InChI is InChI=1S/C19H20N2O3/c1-23-17-7-6-14(11-18(17)24-2)12-19-20-8-9-21(19)13-15-4-3-5-16(22)10-15/h3-11,22H,12-13H2,1-2H3. The molecule has 0 radical (unpaired) electrons. The Morgan fingerprint density at radius 2 is 1.83 bits per heavy atom. The normalized spacial score (nSPS) is 10.6. The van der Waals surface area contributed by atoms with Crippen molar-refractivity contribution in [3.05, 3.63) is 71.8 Å². The highest BCUT2D eigenvalue weighted by Crippen LogP contribution is 2.28. The number of benzene rings is 2. The predicted molar refractivity (Wildman–Crippen MR) is 91.8 cm³/mol. The van der Waals surface area contributed by atoms with E-state index in [9.17, 15) is 5.11 Å². The highest BCUT2D eigenvalue weighted by molar-refractivity contribution is 5.43. The summed E-state index contributed by atoms with van der Waals surface area (Å²) >= 11 is 0. The highest BCUT2D eigenvalue weighted by Gasteiger charge is 2.09. The number of imidazole rings is 1. The van der Waals surface area contributed by atoms with E-state index in [0.717, 1.165) is 17.0 Å². The number of rotatable bonds is 6. The molecule has 0 unspecified atom stereocenters. The lowest BCUT2D eigenvalue weighted by molar-refractivity contribution is 0.354. The van der Waals surface area contributed by atoms with E-state index in [1.54, 1.807) is 32.5 Å². The van der Waals surface area contributed by atoms with Crippen LogP contribution in [-0.4, -0.2) is 28.9 Å². The number of methoxy groups -OCH3 is 2. The lowest BCUT2D eigenvalue weighted by Crippen LogP contribution is -2.05. The Labute approximate surface area is 141 Å². The summed E-state index contributed by atoms with van der Waals surface area (Å²) in [7, 11) is 3.25. The maximum Gasteiger partial charge on any atom is 0.161 e. The zero-order valence-corrected chi connectivity index (χ0v) is 13.8. The summed E-state index contributed by atoms with van der Waals surface area (Å²) in [4.78, 5) is 4.46. The number of nitrogens with zero attached hydrogens (tertiary/aromatic N) is 2. The van der Waals surface area contributed by atoms with Gasteiger partial charge < -0.3 is 19.1 Å². The first kappa shape index (κ1) is 15.9. The second-order valence-electron chi connectivity index (χ2n) is 5.51. The zero-order valence-electron chi connectivity index (χ0n) is 13.8. The SMILES string of the molecule is COc1ccc(Cc2nccn2Cc2cccc(O)c2)cc1OC. The van der Waals surface area contributed by atoms with Crippen molar-refractivity contribution in [1.82, 2.24) is 9.55 Å². The third-order valence-corrected chi connectivity index (χ3v) is 3.88. The largest absolute Gasteiger partial charge is 0.508 e. The number of hydrogen-bond donors (Lipinski definition) is 1. The lowest BCUT2D eigenvalue weighted by atomic mass is 10.1.